The molecule has 1 aromatic carbocycles. The van der Waals surface area contributed by atoms with E-state index in [9.17, 15) is 18.0 Å². The minimum absolute atomic E-state index is 0.0429. The fourth-order valence-electron chi connectivity index (χ4n) is 2.14. The number of benzene rings is 1. The van der Waals surface area contributed by atoms with Crippen LogP contribution in [0.2, 0.25) is 0 Å². The normalized spacial score (nSPS) is 14.2. The molecule has 0 aromatic heterocycles. The lowest BCUT2D eigenvalue weighted by Crippen LogP contribution is -2.49. The summed E-state index contributed by atoms with van der Waals surface area (Å²) in [4.78, 5) is 23.7. The minimum Gasteiger partial charge on any atom is -0.348 e. The van der Waals surface area contributed by atoms with Crippen LogP contribution in [0.25, 0.3) is 0 Å². The predicted molar refractivity (Wildman–Crippen MR) is 88.6 cm³/mol. The molecule has 2 atom stereocenters. The van der Waals surface area contributed by atoms with Crippen molar-refractivity contribution >= 4 is 21.7 Å². The van der Waals surface area contributed by atoms with Crippen LogP contribution in [0.15, 0.2) is 29.2 Å². The Hall–Kier alpha value is -1.89. The molecule has 0 heterocycles. The van der Waals surface area contributed by atoms with Crippen molar-refractivity contribution in [2.45, 2.75) is 44.7 Å². The van der Waals surface area contributed by atoms with E-state index in [1.54, 1.807) is 19.1 Å². The zero-order valence-corrected chi connectivity index (χ0v) is 14.9. The number of amides is 2. The third kappa shape index (κ3) is 5.67. The second-order valence-corrected chi connectivity index (χ2v) is 8.01. The average molecular weight is 340 g/mol. The average Bonchev–Trinajstić information content (AvgIpc) is 2.43. The standard InChI is InChI=1S/C16H24N2O4S/c1-10(2)15(18-12(4)19)16(20)17-11(3)13-6-8-14(9-7-13)23(5,21)22/h6-11,15H,1-5H3,(H,17,20)(H,18,19). The van der Waals surface area contributed by atoms with Crippen molar-refractivity contribution in [3.8, 4) is 0 Å². The molecular weight excluding hydrogens is 316 g/mol. The van der Waals surface area contributed by atoms with E-state index >= 15 is 0 Å². The van der Waals surface area contributed by atoms with Crippen LogP contribution in [0, 0.1) is 5.92 Å². The van der Waals surface area contributed by atoms with Crippen molar-refractivity contribution in [1.82, 2.24) is 10.6 Å². The Morgan fingerprint density at radius 2 is 1.52 bits per heavy atom. The number of hydrogen-bond donors (Lipinski definition) is 2. The Morgan fingerprint density at radius 1 is 1.00 bits per heavy atom. The number of carbonyl (C=O) groups excluding carboxylic acids is 2. The van der Waals surface area contributed by atoms with Crippen LogP contribution in [-0.4, -0.2) is 32.5 Å². The van der Waals surface area contributed by atoms with Gasteiger partial charge in [-0.2, -0.15) is 0 Å². The summed E-state index contributed by atoms with van der Waals surface area (Å²) in [5.74, 6) is -0.572. The van der Waals surface area contributed by atoms with Crippen molar-refractivity contribution in [1.29, 1.82) is 0 Å². The predicted octanol–water partition coefficient (Wildman–Crippen LogP) is 1.43. The Labute approximate surface area is 137 Å². The monoisotopic (exact) mass is 340 g/mol. The fourth-order valence-corrected chi connectivity index (χ4v) is 2.77. The van der Waals surface area contributed by atoms with E-state index in [1.165, 1.54) is 19.1 Å². The smallest absolute Gasteiger partial charge is 0.243 e. The van der Waals surface area contributed by atoms with E-state index in [2.05, 4.69) is 10.6 Å². The second kappa shape index (κ2) is 7.59. The molecular formula is C16H24N2O4S. The van der Waals surface area contributed by atoms with Crippen molar-refractivity contribution < 1.29 is 18.0 Å². The van der Waals surface area contributed by atoms with E-state index in [4.69, 9.17) is 0 Å². The van der Waals surface area contributed by atoms with E-state index in [0.29, 0.717) is 0 Å². The van der Waals surface area contributed by atoms with Crippen LogP contribution >= 0.6 is 0 Å². The van der Waals surface area contributed by atoms with Gasteiger partial charge in [0.2, 0.25) is 11.8 Å². The first kappa shape index (κ1) is 19.2. The molecule has 128 valence electrons. The number of rotatable bonds is 6. The summed E-state index contributed by atoms with van der Waals surface area (Å²) in [6, 6.07) is 5.47. The van der Waals surface area contributed by atoms with Gasteiger partial charge in [0, 0.05) is 13.2 Å². The molecule has 23 heavy (non-hydrogen) atoms. The lowest BCUT2D eigenvalue weighted by atomic mass is 10.0. The van der Waals surface area contributed by atoms with Crippen molar-refractivity contribution in [2.75, 3.05) is 6.26 Å². The summed E-state index contributed by atoms with van der Waals surface area (Å²) in [5.41, 5.74) is 0.788. The Kier molecular flexibility index (Phi) is 6.32. The zero-order valence-electron chi connectivity index (χ0n) is 14.1. The first-order valence-corrected chi connectivity index (χ1v) is 9.29. The van der Waals surface area contributed by atoms with Gasteiger partial charge in [-0.05, 0) is 30.5 Å². The maximum atomic E-state index is 12.3. The SMILES string of the molecule is CC(=O)NC(C(=O)NC(C)c1ccc(S(C)(=O)=O)cc1)C(C)C. The van der Waals surface area contributed by atoms with Crippen LogP contribution < -0.4 is 10.6 Å². The number of carbonyl (C=O) groups is 2. The van der Waals surface area contributed by atoms with Gasteiger partial charge in [0.15, 0.2) is 9.84 Å². The summed E-state index contributed by atoms with van der Waals surface area (Å²) in [7, 11) is -3.24. The molecule has 2 unspecified atom stereocenters. The first-order valence-electron chi connectivity index (χ1n) is 7.40. The highest BCUT2D eigenvalue weighted by atomic mass is 32.2. The third-order valence-corrected chi connectivity index (χ3v) is 4.60. The molecule has 0 bridgehead atoms. The van der Waals surface area contributed by atoms with E-state index in [1.807, 2.05) is 13.8 Å². The summed E-state index contributed by atoms with van der Waals surface area (Å²) in [6.07, 6.45) is 1.15. The van der Waals surface area contributed by atoms with Crippen LogP contribution in [0.5, 0.6) is 0 Å². The highest BCUT2D eigenvalue weighted by molar-refractivity contribution is 7.90. The van der Waals surface area contributed by atoms with Gasteiger partial charge in [-0.3, -0.25) is 9.59 Å². The lowest BCUT2D eigenvalue weighted by molar-refractivity contribution is -0.129. The van der Waals surface area contributed by atoms with Crippen LogP contribution in [0.4, 0.5) is 0 Å². The van der Waals surface area contributed by atoms with Gasteiger partial charge in [0.25, 0.3) is 0 Å². The highest BCUT2D eigenvalue weighted by Crippen LogP contribution is 2.17. The molecule has 0 saturated carbocycles. The zero-order chi connectivity index (χ0) is 17.8. The molecule has 6 nitrogen and oxygen atoms in total. The van der Waals surface area contributed by atoms with Gasteiger partial charge in [-0.1, -0.05) is 26.0 Å². The van der Waals surface area contributed by atoms with Crippen LogP contribution in [0.1, 0.15) is 39.3 Å². The summed E-state index contributed by atoms with van der Waals surface area (Å²) in [6.45, 7) is 6.88. The molecule has 0 fully saturated rings. The molecule has 0 aliphatic carbocycles. The summed E-state index contributed by atoms with van der Waals surface area (Å²) >= 11 is 0. The fraction of sp³-hybridized carbons (Fsp3) is 0.500. The first-order chi connectivity index (χ1) is 10.5. The second-order valence-electron chi connectivity index (χ2n) is 5.99. The molecule has 0 aliphatic rings. The van der Waals surface area contributed by atoms with Crippen molar-refractivity contribution in [2.24, 2.45) is 5.92 Å². The van der Waals surface area contributed by atoms with Gasteiger partial charge in [0.1, 0.15) is 6.04 Å². The molecule has 0 saturated heterocycles. The van der Waals surface area contributed by atoms with Gasteiger partial charge in [0.05, 0.1) is 10.9 Å². The van der Waals surface area contributed by atoms with E-state index in [-0.39, 0.29) is 28.7 Å². The topological polar surface area (TPSA) is 92.3 Å². The van der Waals surface area contributed by atoms with Crippen molar-refractivity contribution in [3.05, 3.63) is 29.8 Å². The highest BCUT2D eigenvalue weighted by Gasteiger charge is 2.24. The maximum Gasteiger partial charge on any atom is 0.243 e. The van der Waals surface area contributed by atoms with Gasteiger partial charge >= 0.3 is 0 Å². The van der Waals surface area contributed by atoms with Gasteiger partial charge in [-0.25, -0.2) is 8.42 Å². The van der Waals surface area contributed by atoms with Crippen LogP contribution in [0.3, 0.4) is 0 Å². The summed E-state index contributed by atoms with van der Waals surface area (Å²) < 4.78 is 22.9. The third-order valence-electron chi connectivity index (χ3n) is 3.47. The molecule has 0 radical (unpaired) electrons. The Bertz CT molecular complexity index is 666. The molecule has 1 rings (SSSR count). The molecule has 0 spiro atoms. The largest absolute Gasteiger partial charge is 0.348 e. The van der Waals surface area contributed by atoms with Crippen LogP contribution in [-0.2, 0) is 19.4 Å². The van der Waals surface area contributed by atoms with Gasteiger partial charge < -0.3 is 10.6 Å². The number of nitrogens with one attached hydrogen (secondary N) is 2. The van der Waals surface area contributed by atoms with Crippen molar-refractivity contribution in [3.63, 3.8) is 0 Å². The minimum atomic E-state index is -3.24. The van der Waals surface area contributed by atoms with E-state index < -0.39 is 15.9 Å². The molecule has 0 aliphatic heterocycles. The Morgan fingerprint density at radius 3 is 1.91 bits per heavy atom. The van der Waals surface area contributed by atoms with E-state index in [0.717, 1.165) is 11.8 Å². The number of hydrogen-bond acceptors (Lipinski definition) is 4. The quantitative estimate of drug-likeness (QED) is 0.819. The number of sulfone groups is 1. The molecule has 7 heteroatoms. The Balaban J connectivity index is 2.83. The van der Waals surface area contributed by atoms with Gasteiger partial charge in [-0.15, -0.1) is 0 Å². The molecule has 1 aromatic rings. The lowest BCUT2D eigenvalue weighted by Gasteiger charge is -2.23. The molecule has 2 amide bonds. The summed E-state index contributed by atoms with van der Waals surface area (Å²) in [5, 5.41) is 5.47. The molecule has 2 N–H and O–H groups in total. The maximum absolute atomic E-state index is 12.3.